The van der Waals surface area contributed by atoms with Crippen molar-refractivity contribution in [1.29, 1.82) is 0 Å². The number of hydrogen-bond donors (Lipinski definition) is 0. The van der Waals surface area contributed by atoms with Crippen LogP contribution >= 0.6 is 0 Å². The van der Waals surface area contributed by atoms with Gasteiger partial charge in [-0.2, -0.15) is 0 Å². The van der Waals surface area contributed by atoms with E-state index in [1.54, 1.807) is 0 Å². The highest BCUT2D eigenvalue weighted by Crippen LogP contribution is 2.52. The van der Waals surface area contributed by atoms with Crippen molar-refractivity contribution in [2.75, 3.05) is 0 Å². The summed E-state index contributed by atoms with van der Waals surface area (Å²) in [6.45, 7) is 4.51. The van der Waals surface area contributed by atoms with Gasteiger partial charge in [-0.3, -0.25) is 0 Å². The molecule has 10 aromatic rings. The van der Waals surface area contributed by atoms with Gasteiger partial charge in [0.15, 0.2) is 0 Å². The van der Waals surface area contributed by atoms with Crippen LogP contribution in [0.15, 0.2) is 126 Å². The zero-order valence-electron chi connectivity index (χ0n) is 33.1. The normalized spacial score (nSPS) is 13.2. The molecule has 1 aliphatic carbocycles. The van der Waals surface area contributed by atoms with E-state index < -0.39 is 0 Å². The Bertz CT molecular complexity index is 3470. The second kappa shape index (κ2) is 13.0. The molecule has 0 bridgehead atoms. The summed E-state index contributed by atoms with van der Waals surface area (Å²) in [5, 5.41) is 6.16. The van der Waals surface area contributed by atoms with Crippen LogP contribution in [0.5, 0.6) is 0 Å². The maximum absolute atomic E-state index is 7.17. The summed E-state index contributed by atoms with van der Waals surface area (Å²) in [6.07, 6.45) is 0. The summed E-state index contributed by atoms with van der Waals surface area (Å²) in [4.78, 5) is 0. The average molecular weight is 741 g/mol. The molecule has 0 saturated heterocycles. The fourth-order valence-electron chi connectivity index (χ4n) is 9.93. The number of furan rings is 1. The highest BCUT2D eigenvalue weighted by molar-refractivity contribution is 6.71. The lowest BCUT2D eigenvalue weighted by molar-refractivity contribution is 0.661. The van der Waals surface area contributed by atoms with Gasteiger partial charge in [-0.05, 0) is 118 Å². The summed E-state index contributed by atoms with van der Waals surface area (Å²) in [5.41, 5.74) is 12.6. The Labute approximate surface area is 359 Å². The van der Waals surface area contributed by atoms with Crippen molar-refractivity contribution in [3.05, 3.63) is 132 Å². The van der Waals surface area contributed by atoms with Gasteiger partial charge in [-0.15, -0.1) is 21.9 Å². The molecule has 1 heterocycles. The van der Waals surface area contributed by atoms with Gasteiger partial charge in [-0.1, -0.05) is 127 Å². The van der Waals surface area contributed by atoms with E-state index in [9.17, 15) is 0 Å². The minimum Gasteiger partial charge on any atom is -0.456 e. The van der Waals surface area contributed by atoms with E-state index in [0.29, 0.717) is 38.3 Å². The van der Waals surface area contributed by atoms with Crippen LogP contribution in [-0.4, -0.2) is 62.8 Å². The van der Waals surface area contributed by atoms with Crippen molar-refractivity contribution in [3.63, 3.8) is 0 Å². The van der Waals surface area contributed by atoms with Gasteiger partial charge in [0.05, 0.1) is 0 Å². The molecule has 9 heteroatoms. The highest BCUT2D eigenvalue weighted by atomic mass is 16.3. The number of fused-ring (bicyclic) bond motifs is 9. The Balaban J connectivity index is 1.28. The molecule has 0 atom stereocenters. The summed E-state index contributed by atoms with van der Waals surface area (Å²) in [7, 11) is 55.7. The molecule has 11 rings (SSSR count). The van der Waals surface area contributed by atoms with Gasteiger partial charge < -0.3 is 4.42 Å². The third-order valence-electron chi connectivity index (χ3n) is 13.0. The first kappa shape index (κ1) is 37.1. The van der Waals surface area contributed by atoms with E-state index >= 15 is 0 Å². The van der Waals surface area contributed by atoms with Crippen LogP contribution in [0.2, 0.25) is 0 Å². The molecular weight excluding hydrogens is 715 g/mol. The predicted octanol–water partition coefficient (Wildman–Crippen LogP) is 4.70. The van der Waals surface area contributed by atoms with E-state index in [4.69, 9.17) is 67.2 Å². The summed E-state index contributed by atoms with van der Waals surface area (Å²) >= 11 is 0. The van der Waals surface area contributed by atoms with Crippen molar-refractivity contribution < 1.29 is 4.42 Å². The Morgan fingerprint density at radius 3 is 1.45 bits per heavy atom. The number of benzene rings is 9. The molecule has 60 heavy (non-hydrogen) atoms. The SMILES string of the molecule is [B]c1c([B])c([B])c2c(-c3cccc4oc5cc6ccccc6cc5c34)c3c([B])c([B])c([B])c([B])c3c(-c3ccc4c(c3)C(C)(C)c3cc(-c5ccccc5)ccc3-4)c2c1[B]. The number of hydrogen-bond acceptors (Lipinski definition) is 1. The van der Waals surface area contributed by atoms with E-state index in [1.807, 2.05) is 36.4 Å². The van der Waals surface area contributed by atoms with E-state index in [-0.39, 0.29) is 49.1 Å². The maximum atomic E-state index is 7.17. The lowest BCUT2D eigenvalue weighted by atomic mass is 9.59. The molecule has 9 aromatic carbocycles. The van der Waals surface area contributed by atoms with Gasteiger partial charge in [-0.25, -0.2) is 0 Å². The van der Waals surface area contributed by atoms with Crippen LogP contribution in [0.3, 0.4) is 0 Å². The first-order valence-corrected chi connectivity index (χ1v) is 19.8. The Kier molecular flexibility index (Phi) is 8.06. The minimum atomic E-state index is -0.374. The monoisotopic (exact) mass is 742 g/mol. The minimum absolute atomic E-state index is 0.163. The smallest absolute Gasteiger partial charge is 0.136 e. The molecule has 0 N–H and O–H groups in total. The van der Waals surface area contributed by atoms with Gasteiger partial charge in [0.25, 0.3) is 0 Å². The second-order valence-corrected chi connectivity index (χ2v) is 16.5. The van der Waals surface area contributed by atoms with Crippen molar-refractivity contribution in [2.24, 2.45) is 0 Å². The topological polar surface area (TPSA) is 13.1 Å². The molecule has 0 amide bonds. The first-order chi connectivity index (χ1) is 28.9. The third-order valence-corrected chi connectivity index (χ3v) is 13.0. The Morgan fingerprint density at radius 1 is 0.367 bits per heavy atom. The molecule has 260 valence electrons. The van der Waals surface area contributed by atoms with Gasteiger partial charge in [0, 0.05) is 16.2 Å². The summed E-state index contributed by atoms with van der Waals surface area (Å²) in [5.74, 6) is 0. The second-order valence-electron chi connectivity index (χ2n) is 16.5. The van der Waals surface area contributed by atoms with Crippen molar-refractivity contribution in [1.82, 2.24) is 0 Å². The van der Waals surface area contributed by atoms with E-state index in [2.05, 4.69) is 98.8 Å². The Morgan fingerprint density at radius 2 is 0.867 bits per heavy atom. The molecule has 16 radical (unpaired) electrons. The summed E-state index contributed by atoms with van der Waals surface area (Å²) < 4.78 is 6.55. The molecule has 1 nitrogen and oxygen atoms in total. The predicted molar refractivity (Wildman–Crippen MR) is 263 cm³/mol. The molecule has 1 aromatic heterocycles. The quantitative estimate of drug-likeness (QED) is 0.189. The van der Waals surface area contributed by atoms with Crippen LogP contribution in [-0.2, 0) is 5.41 Å². The largest absolute Gasteiger partial charge is 0.456 e. The zero-order chi connectivity index (χ0) is 41.5. The molecule has 0 saturated carbocycles. The maximum Gasteiger partial charge on any atom is 0.136 e. The van der Waals surface area contributed by atoms with Crippen LogP contribution in [0.1, 0.15) is 25.0 Å². The molecule has 1 aliphatic rings. The Hall–Kier alpha value is -5.92. The molecule has 0 spiro atoms. The van der Waals surface area contributed by atoms with Crippen molar-refractivity contribution >= 4 is 161 Å². The number of rotatable bonds is 3. The molecule has 0 fully saturated rings. The highest BCUT2D eigenvalue weighted by Gasteiger charge is 2.36. The average Bonchev–Trinajstić information content (AvgIpc) is 3.74. The van der Waals surface area contributed by atoms with Crippen LogP contribution in [0.25, 0.3) is 98.8 Å². The zero-order valence-corrected chi connectivity index (χ0v) is 33.1. The molecule has 0 aliphatic heterocycles. The van der Waals surface area contributed by atoms with Crippen LogP contribution < -0.4 is 43.7 Å². The fourth-order valence-corrected chi connectivity index (χ4v) is 9.93. The first-order valence-electron chi connectivity index (χ1n) is 19.8. The molecule has 0 unspecified atom stereocenters. The standard InChI is InChI=1S/C51H26B8O/c1-51(2)32-20-26(23-9-4-3-5-10-23)15-17-28(32)29-18-16-27(21-33(29)51)36-39-41(45(54)49(58)47(56)43(39)52)38(42-40(36)44(53)48(57)50(59)46(42)55)30-13-8-14-34-37(30)31-19-24-11-6-7-12-25(24)22-35(31)60-34/h3-22H,1-2H3. The van der Waals surface area contributed by atoms with Crippen LogP contribution in [0, 0.1) is 0 Å². The molecular formula is C51H26B8O. The van der Waals surface area contributed by atoms with Gasteiger partial charge >= 0.3 is 0 Å². The summed E-state index contributed by atoms with van der Waals surface area (Å²) in [6, 6.07) is 41.9. The van der Waals surface area contributed by atoms with E-state index in [1.165, 1.54) is 11.1 Å². The fraction of sp³-hybridized carbons (Fsp3) is 0.0588. The van der Waals surface area contributed by atoms with Crippen LogP contribution in [0.4, 0.5) is 0 Å². The van der Waals surface area contributed by atoms with Crippen molar-refractivity contribution in [3.8, 4) is 44.5 Å². The lowest BCUT2D eigenvalue weighted by Crippen LogP contribution is -2.50. The van der Waals surface area contributed by atoms with Gasteiger partial charge in [0.1, 0.15) is 73.9 Å². The lowest BCUT2D eigenvalue weighted by Gasteiger charge is -2.29. The van der Waals surface area contributed by atoms with Crippen molar-refractivity contribution in [2.45, 2.75) is 19.3 Å². The third kappa shape index (κ3) is 4.99. The van der Waals surface area contributed by atoms with Gasteiger partial charge in [0.2, 0.25) is 0 Å². The van der Waals surface area contributed by atoms with E-state index in [0.717, 1.165) is 60.5 Å².